The topological polar surface area (TPSA) is 60.2 Å². The first kappa shape index (κ1) is 11.8. The molecule has 1 aromatic heterocycles. The van der Waals surface area contributed by atoms with Gasteiger partial charge < -0.3 is 15.8 Å². The summed E-state index contributed by atoms with van der Waals surface area (Å²) in [6.07, 6.45) is 3.86. The average Bonchev–Trinajstić information content (AvgIpc) is 2.82. The van der Waals surface area contributed by atoms with E-state index in [2.05, 4.69) is 22.4 Å². The van der Waals surface area contributed by atoms with Crippen molar-refractivity contribution in [3.8, 4) is 5.75 Å². The number of nitrogens with two attached hydrogens (primary N) is 1. The zero-order chi connectivity index (χ0) is 13.2. The largest absolute Gasteiger partial charge is 0.495 e. The van der Waals surface area contributed by atoms with E-state index in [1.807, 2.05) is 18.2 Å². The molecule has 4 nitrogen and oxygen atoms in total. The Morgan fingerprint density at radius 1 is 1.32 bits per heavy atom. The Morgan fingerprint density at radius 3 is 2.95 bits per heavy atom. The smallest absolute Gasteiger partial charge is 0.137 e. The summed E-state index contributed by atoms with van der Waals surface area (Å²) >= 11 is 0. The number of pyridine rings is 1. The van der Waals surface area contributed by atoms with Crippen molar-refractivity contribution < 1.29 is 4.74 Å². The fourth-order valence-corrected chi connectivity index (χ4v) is 2.55. The lowest BCUT2D eigenvalue weighted by atomic mass is 10.1. The van der Waals surface area contributed by atoms with Crippen LogP contribution in [0.1, 0.15) is 23.6 Å². The van der Waals surface area contributed by atoms with E-state index in [9.17, 15) is 0 Å². The quantitative estimate of drug-likeness (QED) is 0.828. The average molecular weight is 255 g/mol. The van der Waals surface area contributed by atoms with Gasteiger partial charge in [0, 0.05) is 5.69 Å². The first-order valence-electron chi connectivity index (χ1n) is 6.41. The van der Waals surface area contributed by atoms with Gasteiger partial charge in [0.15, 0.2) is 0 Å². The molecule has 3 rings (SSSR count). The van der Waals surface area contributed by atoms with Crippen LogP contribution in [0.5, 0.6) is 5.75 Å². The van der Waals surface area contributed by atoms with Crippen LogP contribution >= 0.6 is 0 Å². The minimum atomic E-state index is 0.316. The van der Waals surface area contributed by atoms with Crippen molar-refractivity contribution in [3.05, 3.63) is 47.7 Å². The van der Waals surface area contributed by atoms with Gasteiger partial charge in [0.25, 0.3) is 0 Å². The number of fused-ring (bicyclic) bond motifs is 1. The standard InChI is InChI=1S/C15H17N3O/c1-19-12-4-7-15(17-9-12)18-14-6-2-10-8-11(16)3-5-13(10)14/h3-5,7-9,14H,2,6,16H2,1H3,(H,17,18). The maximum atomic E-state index is 5.81. The maximum Gasteiger partial charge on any atom is 0.137 e. The molecule has 1 aliphatic carbocycles. The number of hydrogen-bond acceptors (Lipinski definition) is 4. The lowest BCUT2D eigenvalue weighted by Gasteiger charge is -2.15. The minimum Gasteiger partial charge on any atom is -0.495 e. The Bertz CT molecular complexity index is 580. The molecule has 0 aliphatic heterocycles. The van der Waals surface area contributed by atoms with Crippen molar-refractivity contribution in [1.29, 1.82) is 0 Å². The fraction of sp³-hybridized carbons (Fsp3) is 0.267. The van der Waals surface area contributed by atoms with Crippen molar-refractivity contribution in [1.82, 2.24) is 4.98 Å². The first-order valence-corrected chi connectivity index (χ1v) is 6.41. The third-order valence-electron chi connectivity index (χ3n) is 3.54. The molecule has 1 atom stereocenters. The zero-order valence-electron chi connectivity index (χ0n) is 10.9. The normalized spacial score (nSPS) is 17.0. The summed E-state index contributed by atoms with van der Waals surface area (Å²) in [5.41, 5.74) is 9.31. The molecule has 98 valence electrons. The number of nitrogens with zero attached hydrogens (tertiary/aromatic N) is 1. The number of anilines is 2. The Morgan fingerprint density at radius 2 is 2.21 bits per heavy atom. The third-order valence-corrected chi connectivity index (χ3v) is 3.54. The summed E-state index contributed by atoms with van der Waals surface area (Å²) in [6, 6.07) is 10.3. The molecule has 0 fully saturated rings. The maximum absolute atomic E-state index is 5.81. The van der Waals surface area contributed by atoms with Gasteiger partial charge >= 0.3 is 0 Å². The monoisotopic (exact) mass is 255 g/mol. The van der Waals surface area contributed by atoms with Crippen molar-refractivity contribution in [3.63, 3.8) is 0 Å². The van der Waals surface area contributed by atoms with Gasteiger partial charge in [0.1, 0.15) is 11.6 Å². The molecule has 0 bridgehead atoms. The van der Waals surface area contributed by atoms with Crippen molar-refractivity contribution >= 4 is 11.5 Å². The number of benzene rings is 1. The molecule has 0 saturated carbocycles. The molecule has 4 heteroatoms. The van der Waals surface area contributed by atoms with Crippen LogP contribution in [0.15, 0.2) is 36.5 Å². The molecular formula is C15H17N3O. The molecule has 2 aromatic rings. The van der Waals surface area contributed by atoms with Crippen LogP contribution in [-0.4, -0.2) is 12.1 Å². The van der Waals surface area contributed by atoms with E-state index in [1.165, 1.54) is 11.1 Å². The summed E-state index contributed by atoms with van der Waals surface area (Å²) in [4.78, 5) is 4.34. The van der Waals surface area contributed by atoms with Gasteiger partial charge in [0.2, 0.25) is 0 Å². The molecule has 1 aromatic carbocycles. The Labute approximate surface area is 112 Å². The van der Waals surface area contributed by atoms with Crippen LogP contribution in [0.2, 0.25) is 0 Å². The Balaban J connectivity index is 1.78. The highest BCUT2D eigenvalue weighted by molar-refractivity contribution is 5.50. The van der Waals surface area contributed by atoms with Gasteiger partial charge in [-0.15, -0.1) is 0 Å². The number of hydrogen-bond donors (Lipinski definition) is 2. The Kier molecular flexibility index (Phi) is 2.99. The van der Waals surface area contributed by atoms with Crippen LogP contribution < -0.4 is 15.8 Å². The number of methoxy groups -OCH3 is 1. The highest BCUT2D eigenvalue weighted by atomic mass is 16.5. The number of ether oxygens (including phenoxy) is 1. The van der Waals surface area contributed by atoms with Crippen LogP contribution in [0.3, 0.4) is 0 Å². The summed E-state index contributed by atoms with van der Waals surface area (Å²) < 4.78 is 5.10. The van der Waals surface area contributed by atoms with Crippen LogP contribution in [0.25, 0.3) is 0 Å². The molecule has 0 spiro atoms. The van der Waals surface area contributed by atoms with E-state index in [-0.39, 0.29) is 0 Å². The van der Waals surface area contributed by atoms with Crippen LogP contribution in [0.4, 0.5) is 11.5 Å². The van der Waals surface area contributed by atoms with Gasteiger partial charge in [-0.05, 0) is 48.2 Å². The molecule has 0 radical (unpaired) electrons. The lowest BCUT2D eigenvalue weighted by molar-refractivity contribution is 0.413. The second-order valence-electron chi connectivity index (χ2n) is 4.78. The molecule has 1 aliphatic rings. The highest BCUT2D eigenvalue weighted by Gasteiger charge is 2.22. The summed E-state index contributed by atoms with van der Waals surface area (Å²) in [6.45, 7) is 0. The molecule has 0 saturated heterocycles. The van der Waals surface area contributed by atoms with E-state index < -0.39 is 0 Å². The summed E-state index contributed by atoms with van der Waals surface area (Å²) in [5, 5.41) is 3.46. The van der Waals surface area contributed by atoms with Gasteiger partial charge in [-0.25, -0.2) is 4.98 Å². The van der Waals surface area contributed by atoms with Gasteiger partial charge in [-0.3, -0.25) is 0 Å². The number of nitrogens with one attached hydrogen (secondary N) is 1. The van der Waals surface area contributed by atoms with E-state index in [0.29, 0.717) is 6.04 Å². The third kappa shape index (κ3) is 2.34. The van der Waals surface area contributed by atoms with Gasteiger partial charge in [-0.2, -0.15) is 0 Å². The predicted molar refractivity (Wildman–Crippen MR) is 76.3 cm³/mol. The lowest BCUT2D eigenvalue weighted by Crippen LogP contribution is -2.08. The minimum absolute atomic E-state index is 0.316. The van der Waals surface area contributed by atoms with Crippen molar-refractivity contribution in [2.24, 2.45) is 0 Å². The first-order chi connectivity index (χ1) is 9.26. The number of aromatic nitrogens is 1. The van der Waals surface area contributed by atoms with Crippen LogP contribution in [0, 0.1) is 0 Å². The summed E-state index contributed by atoms with van der Waals surface area (Å²) in [7, 11) is 1.64. The van der Waals surface area contributed by atoms with Gasteiger partial charge in [-0.1, -0.05) is 6.07 Å². The van der Waals surface area contributed by atoms with E-state index in [1.54, 1.807) is 13.3 Å². The highest BCUT2D eigenvalue weighted by Crippen LogP contribution is 2.34. The molecule has 19 heavy (non-hydrogen) atoms. The van der Waals surface area contributed by atoms with E-state index >= 15 is 0 Å². The van der Waals surface area contributed by atoms with E-state index in [0.717, 1.165) is 30.1 Å². The number of nitrogen functional groups attached to an aromatic ring is 1. The fourth-order valence-electron chi connectivity index (χ4n) is 2.55. The van der Waals surface area contributed by atoms with Crippen molar-refractivity contribution in [2.75, 3.05) is 18.2 Å². The zero-order valence-corrected chi connectivity index (χ0v) is 10.9. The molecular weight excluding hydrogens is 238 g/mol. The van der Waals surface area contributed by atoms with E-state index in [4.69, 9.17) is 10.5 Å². The number of rotatable bonds is 3. The Hall–Kier alpha value is -2.23. The van der Waals surface area contributed by atoms with Gasteiger partial charge in [0.05, 0.1) is 19.3 Å². The van der Waals surface area contributed by atoms with Crippen molar-refractivity contribution in [2.45, 2.75) is 18.9 Å². The SMILES string of the molecule is COc1ccc(NC2CCc3cc(N)ccc32)nc1. The molecule has 1 heterocycles. The predicted octanol–water partition coefficient (Wildman–Crippen LogP) is 2.77. The molecule has 3 N–H and O–H groups in total. The second-order valence-corrected chi connectivity index (χ2v) is 4.78. The molecule has 1 unspecified atom stereocenters. The summed E-state index contributed by atoms with van der Waals surface area (Å²) in [5.74, 6) is 1.64. The number of aryl methyl sites for hydroxylation is 1. The van der Waals surface area contributed by atoms with Crippen LogP contribution in [-0.2, 0) is 6.42 Å². The second kappa shape index (κ2) is 4.80. The molecule has 0 amide bonds.